The Morgan fingerprint density at radius 2 is 1.58 bits per heavy atom. The fourth-order valence-electron chi connectivity index (χ4n) is 4.85. The molecule has 0 aliphatic heterocycles. The van der Waals surface area contributed by atoms with Gasteiger partial charge in [0.25, 0.3) is 0 Å². The minimum atomic E-state index is -0.857. The monoisotopic (exact) mass is 364 g/mol. The van der Waals surface area contributed by atoms with Gasteiger partial charge in [0.15, 0.2) is 11.6 Å². The number of hydrogen-bond donors (Lipinski definition) is 0. The topological polar surface area (TPSA) is 18.5 Å². The van der Waals surface area contributed by atoms with Gasteiger partial charge in [-0.2, -0.15) is 4.39 Å². The van der Waals surface area contributed by atoms with E-state index < -0.39 is 11.6 Å². The Balaban J connectivity index is 1.52. The summed E-state index contributed by atoms with van der Waals surface area (Å²) in [6, 6.07) is 3.24. The number of ether oxygens (including phenoxy) is 2. The summed E-state index contributed by atoms with van der Waals surface area (Å²) >= 11 is 0. The van der Waals surface area contributed by atoms with Crippen LogP contribution in [0, 0.1) is 23.5 Å². The first-order chi connectivity index (χ1) is 12.6. The highest BCUT2D eigenvalue weighted by atomic mass is 19.2. The summed E-state index contributed by atoms with van der Waals surface area (Å²) in [4.78, 5) is 0. The molecule has 0 amide bonds. The van der Waals surface area contributed by atoms with Crippen LogP contribution < -0.4 is 4.74 Å². The van der Waals surface area contributed by atoms with Crippen molar-refractivity contribution in [2.75, 3.05) is 13.7 Å². The molecule has 0 radical (unpaired) electrons. The first-order valence-electron chi connectivity index (χ1n) is 9.88. The highest BCUT2D eigenvalue weighted by Gasteiger charge is 2.32. The molecule has 0 aromatic heterocycles. The zero-order valence-electron chi connectivity index (χ0n) is 15.7. The third-order valence-corrected chi connectivity index (χ3v) is 6.34. The molecule has 0 bridgehead atoms. The van der Waals surface area contributed by atoms with E-state index in [1.165, 1.54) is 20.0 Å². The Hall–Kier alpha value is -1.42. The van der Waals surface area contributed by atoms with Gasteiger partial charge in [0, 0.05) is 0 Å². The van der Waals surface area contributed by atoms with E-state index in [2.05, 4.69) is 6.58 Å². The molecule has 4 heteroatoms. The lowest BCUT2D eigenvalue weighted by Crippen LogP contribution is -2.28. The quantitative estimate of drug-likeness (QED) is 0.576. The van der Waals surface area contributed by atoms with E-state index in [-0.39, 0.29) is 11.7 Å². The molecule has 2 aliphatic rings. The Labute approximate surface area is 155 Å². The molecule has 2 aliphatic carbocycles. The summed E-state index contributed by atoms with van der Waals surface area (Å²) in [6.07, 6.45) is 11.0. The smallest absolute Gasteiger partial charge is 0.200 e. The molecule has 3 rings (SSSR count). The first-order valence-corrected chi connectivity index (χ1v) is 9.88. The van der Waals surface area contributed by atoms with Crippen LogP contribution in [-0.2, 0) is 4.74 Å². The molecular formula is C22H30F2O2. The van der Waals surface area contributed by atoms with E-state index >= 15 is 0 Å². The van der Waals surface area contributed by atoms with Crippen LogP contribution in [0.1, 0.15) is 62.8 Å². The van der Waals surface area contributed by atoms with E-state index in [0.717, 1.165) is 50.4 Å². The SMILES string of the molecule is C=CCOC1CCC(C2CCC(c3ccc(OC)c(F)c3F)CC2)CC1. The van der Waals surface area contributed by atoms with Crippen LogP contribution >= 0.6 is 0 Å². The summed E-state index contributed by atoms with van der Waals surface area (Å²) in [5, 5.41) is 0. The van der Waals surface area contributed by atoms with E-state index in [9.17, 15) is 8.78 Å². The number of halogens is 2. The number of methoxy groups -OCH3 is 1. The second-order valence-electron chi connectivity index (χ2n) is 7.76. The summed E-state index contributed by atoms with van der Waals surface area (Å²) < 4.78 is 39.0. The van der Waals surface area contributed by atoms with Crippen molar-refractivity contribution in [1.29, 1.82) is 0 Å². The third-order valence-electron chi connectivity index (χ3n) is 6.34. The standard InChI is InChI=1S/C22H30F2O2/c1-3-14-26-18-10-8-16(9-11-18)15-4-6-17(7-5-15)19-12-13-20(25-2)22(24)21(19)23/h3,12-13,15-18H,1,4-11,14H2,2H3. The van der Waals surface area contributed by atoms with Crippen LogP contribution in [0.5, 0.6) is 5.75 Å². The molecule has 144 valence electrons. The third kappa shape index (κ3) is 4.28. The predicted octanol–water partition coefficient (Wildman–Crippen LogP) is 6.01. The summed E-state index contributed by atoms with van der Waals surface area (Å²) in [6.45, 7) is 4.35. The van der Waals surface area contributed by atoms with Crippen molar-refractivity contribution >= 4 is 0 Å². The number of hydrogen-bond acceptors (Lipinski definition) is 2. The van der Waals surface area contributed by atoms with Gasteiger partial charge in [0.2, 0.25) is 5.82 Å². The van der Waals surface area contributed by atoms with Crippen LogP contribution in [0.25, 0.3) is 0 Å². The van der Waals surface area contributed by atoms with E-state index in [1.54, 1.807) is 12.1 Å². The minimum Gasteiger partial charge on any atom is -0.494 e. The summed E-state index contributed by atoms with van der Waals surface area (Å²) in [7, 11) is 1.36. The zero-order chi connectivity index (χ0) is 18.5. The molecule has 1 aromatic carbocycles. The van der Waals surface area contributed by atoms with Crippen molar-refractivity contribution in [1.82, 2.24) is 0 Å². The van der Waals surface area contributed by atoms with Gasteiger partial charge in [-0.25, -0.2) is 4.39 Å². The molecule has 2 fully saturated rings. The molecule has 0 spiro atoms. The normalized spacial score (nSPS) is 29.3. The molecule has 0 heterocycles. The van der Waals surface area contributed by atoms with Crippen molar-refractivity contribution < 1.29 is 18.3 Å². The highest BCUT2D eigenvalue weighted by molar-refractivity contribution is 5.33. The van der Waals surface area contributed by atoms with Crippen LogP contribution in [0.4, 0.5) is 8.78 Å². The fourth-order valence-corrected chi connectivity index (χ4v) is 4.85. The van der Waals surface area contributed by atoms with Crippen LogP contribution in [-0.4, -0.2) is 19.8 Å². The Morgan fingerprint density at radius 3 is 2.15 bits per heavy atom. The van der Waals surface area contributed by atoms with Crippen molar-refractivity contribution in [3.8, 4) is 5.75 Å². The molecule has 2 saturated carbocycles. The predicted molar refractivity (Wildman–Crippen MR) is 99.5 cm³/mol. The van der Waals surface area contributed by atoms with Gasteiger partial charge >= 0.3 is 0 Å². The van der Waals surface area contributed by atoms with Gasteiger partial charge in [0.05, 0.1) is 19.8 Å². The fraction of sp³-hybridized carbons (Fsp3) is 0.636. The molecule has 0 saturated heterocycles. The average Bonchev–Trinajstić information content (AvgIpc) is 2.69. The maximum Gasteiger partial charge on any atom is 0.200 e. The first kappa shape index (κ1) is 19.3. The van der Waals surface area contributed by atoms with Gasteiger partial charge in [-0.15, -0.1) is 6.58 Å². The molecular weight excluding hydrogens is 334 g/mol. The average molecular weight is 364 g/mol. The van der Waals surface area contributed by atoms with Gasteiger partial charge in [-0.05, 0) is 80.8 Å². The summed E-state index contributed by atoms with van der Waals surface area (Å²) in [5.74, 6) is 0.00155. The van der Waals surface area contributed by atoms with E-state index in [4.69, 9.17) is 9.47 Å². The Bertz CT molecular complexity index is 600. The molecule has 0 atom stereocenters. The van der Waals surface area contributed by atoms with Gasteiger partial charge in [-0.1, -0.05) is 12.1 Å². The second-order valence-corrected chi connectivity index (χ2v) is 7.76. The molecule has 0 N–H and O–H groups in total. The molecule has 0 unspecified atom stereocenters. The summed E-state index contributed by atoms with van der Waals surface area (Å²) in [5.41, 5.74) is 0.517. The van der Waals surface area contributed by atoms with Crippen molar-refractivity contribution in [2.45, 2.75) is 63.4 Å². The molecule has 26 heavy (non-hydrogen) atoms. The van der Waals surface area contributed by atoms with Crippen molar-refractivity contribution in [3.05, 3.63) is 42.0 Å². The number of rotatable bonds is 6. The van der Waals surface area contributed by atoms with Crippen LogP contribution in [0.3, 0.4) is 0 Å². The zero-order valence-corrected chi connectivity index (χ0v) is 15.7. The lowest BCUT2D eigenvalue weighted by atomic mass is 9.69. The highest BCUT2D eigenvalue weighted by Crippen LogP contribution is 2.44. The van der Waals surface area contributed by atoms with Crippen molar-refractivity contribution in [3.63, 3.8) is 0 Å². The molecule has 2 nitrogen and oxygen atoms in total. The second kappa shape index (κ2) is 8.98. The Kier molecular flexibility index (Phi) is 6.68. The molecule has 1 aromatic rings. The van der Waals surface area contributed by atoms with Gasteiger partial charge in [-0.3, -0.25) is 0 Å². The maximum atomic E-state index is 14.4. The van der Waals surface area contributed by atoms with Gasteiger partial charge < -0.3 is 9.47 Å². The lowest BCUT2D eigenvalue weighted by Gasteiger charge is -2.38. The maximum absolute atomic E-state index is 14.4. The van der Waals surface area contributed by atoms with Crippen LogP contribution in [0.15, 0.2) is 24.8 Å². The number of benzene rings is 1. The lowest BCUT2D eigenvalue weighted by molar-refractivity contribution is 0.0223. The van der Waals surface area contributed by atoms with E-state index in [1.807, 2.05) is 6.08 Å². The minimum absolute atomic E-state index is 0.0182. The van der Waals surface area contributed by atoms with Gasteiger partial charge in [0.1, 0.15) is 0 Å². The Morgan fingerprint density at radius 1 is 0.962 bits per heavy atom. The van der Waals surface area contributed by atoms with E-state index in [0.29, 0.717) is 18.3 Å². The van der Waals surface area contributed by atoms with Crippen molar-refractivity contribution in [2.24, 2.45) is 11.8 Å². The van der Waals surface area contributed by atoms with Crippen LogP contribution in [0.2, 0.25) is 0 Å². The largest absolute Gasteiger partial charge is 0.494 e.